The smallest absolute Gasteiger partial charge is 0.234 e. The second-order valence-electron chi connectivity index (χ2n) is 4.35. The van der Waals surface area contributed by atoms with Gasteiger partial charge < -0.3 is 4.90 Å². The van der Waals surface area contributed by atoms with Crippen LogP contribution in [-0.4, -0.2) is 26.5 Å². The van der Waals surface area contributed by atoms with Crippen LogP contribution in [0.3, 0.4) is 0 Å². The van der Waals surface area contributed by atoms with Crippen LogP contribution in [0.15, 0.2) is 29.9 Å². The molecular weight excluding hydrogens is 278 g/mol. The summed E-state index contributed by atoms with van der Waals surface area (Å²) in [6.07, 6.45) is 3.49. The molecule has 1 amide bonds. The van der Waals surface area contributed by atoms with E-state index in [9.17, 15) is 4.79 Å². The van der Waals surface area contributed by atoms with E-state index >= 15 is 0 Å². The van der Waals surface area contributed by atoms with Gasteiger partial charge in [-0.3, -0.25) is 14.8 Å². The first-order chi connectivity index (χ1) is 9.24. The summed E-state index contributed by atoms with van der Waals surface area (Å²) in [6.45, 7) is 2.43. The Bertz CT molecular complexity index is 568. The van der Waals surface area contributed by atoms with Crippen molar-refractivity contribution < 1.29 is 4.79 Å². The Hall–Kier alpha value is -1.40. The predicted molar refractivity (Wildman–Crippen MR) is 76.8 cm³/mol. The Balaban J connectivity index is 1.81. The monoisotopic (exact) mass is 291 g/mol. The van der Waals surface area contributed by atoms with Gasteiger partial charge >= 0.3 is 0 Å². The van der Waals surface area contributed by atoms with E-state index in [-0.39, 0.29) is 11.3 Å². The minimum atomic E-state index is 0.121. The van der Waals surface area contributed by atoms with Crippen LogP contribution in [0.25, 0.3) is 0 Å². The lowest BCUT2D eigenvalue weighted by atomic mass is 10.3. The fourth-order valence-corrected chi connectivity index (χ4v) is 4.13. The summed E-state index contributed by atoms with van der Waals surface area (Å²) < 4.78 is 0. The topological polar surface area (TPSA) is 46.1 Å². The van der Waals surface area contributed by atoms with Gasteiger partial charge in [-0.2, -0.15) is 0 Å². The van der Waals surface area contributed by atoms with Crippen LogP contribution in [0.5, 0.6) is 0 Å². The third kappa shape index (κ3) is 2.64. The van der Waals surface area contributed by atoms with Crippen LogP contribution in [0.2, 0.25) is 0 Å². The Morgan fingerprint density at radius 3 is 3.00 bits per heavy atom. The van der Waals surface area contributed by atoms with Gasteiger partial charge in [-0.25, -0.2) is 0 Å². The highest BCUT2D eigenvalue weighted by molar-refractivity contribution is 8.00. The van der Waals surface area contributed by atoms with Crippen molar-refractivity contribution in [2.24, 2.45) is 0 Å². The van der Waals surface area contributed by atoms with Crippen molar-refractivity contribution in [1.82, 2.24) is 14.9 Å². The lowest BCUT2D eigenvalue weighted by Gasteiger charge is -2.22. The van der Waals surface area contributed by atoms with Gasteiger partial charge in [-0.05, 0) is 18.4 Å². The molecule has 3 rings (SSSR count). The number of amides is 1. The van der Waals surface area contributed by atoms with Crippen molar-refractivity contribution in [3.05, 3.63) is 46.2 Å². The van der Waals surface area contributed by atoms with E-state index in [1.54, 1.807) is 35.5 Å². The van der Waals surface area contributed by atoms with Crippen molar-refractivity contribution in [2.45, 2.75) is 18.8 Å². The molecule has 0 bridgehead atoms. The molecule has 1 aliphatic heterocycles. The normalized spacial score (nSPS) is 19.1. The van der Waals surface area contributed by atoms with Crippen LogP contribution in [0.4, 0.5) is 0 Å². The van der Waals surface area contributed by atoms with E-state index in [1.165, 1.54) is 4.88 Å². The standard InChI is InChI=1S/C13H13N3OS2/c1-9-5-15-10(6-14-9)7-16-12(17)8-19-13(16)11-3-2-4-18-11/h2-6,13H,7-8H2,1H3. The molecule has 1 fully saturated rings. The molecule has 0 radical (unpaired) electrons. The van der Waals surface area contributed by atoms with E-state index in [0.29, 0.717) is 12.3 Å². The molecule has 0 saturated carbocycles. The van der Waals surface area contributed by atoms with Crippen LogP contribution < -0.4 is 0 Å². The Kier molecular flexibility index (Phi) is 3.52. The molecule has 2 aromatic rings. The van der Waals surface area contributed by atoms with Crippen LogP contribution in [-0.2, 0) is 11.3 Å². The molecule has 1 atom stereocenters. The van der Waals surface area contributed by atoms with Crippen molar-refractivity contribution in [3.63, 3.8) is 0 Å². The number of carbonyl (C=O) groups is 1. The zero-order chi connectivity index (χ0) is 13.2. The van der Waals surface area contributed by atoms with Crippen LogP contribution >= 0.6 is 23.1 Å². The second kappa shape index (κ2) is 5.30. The van der Waals surface area contributed by atoms with E-state index in [1.807, 2.05) is 23.3 Å². The number of nitrogens with zero attached hydrogens (tertiary/aromatic N) is 3. The zero-order valence-electron chi connectivity index (χ0n) is 10.4. The van der Waals surface area contributed by atoms with Gasteiger partial charge in [0.05, 0.1) is 29.9 Å². The maximum absolute atomic E-state index is 12.0. The average Bonchev–Trinajstić information content (AvgIpc) is 3.03. The zero-order valence-corrected chi connectivity index (χ0v) is 12.1. The number of hydrogen-bond donors (Lipinski definition) is 0. The molecule has 6 heteroatoms. The van der Waals surface area contributed by atoms with Crippen LogP contribution in [0, 0.1) is 6.92 Å². The number of rotatable bonds is 3. The molecular formula is C13H13N3OS2. The number of hydrogen-bond acceptors (Lipinski definition) is 5. The molecule has 19 heavy (non-hydrogen) atoms. The maximum Gasteiger partial charge on any atom is 0.234 e. The second-order valence-corrected chi connectivity index (χ2v) is 6.40. The fraction of sp³-hybridized carbons (Fsp3) is 0.308. The number of aryl methyl sites for hydroxylation is 1. The highest BCUT2D eigenvalue weighted by Gasteiger charge is 2.33. The van der Waals surface area contributed by atoms with Gasteiger partial charge in [0.25, 0.3) is 0 Å². The molecule has 2 aromatic heterocycles. The van der Waals surface area contributed by atoms with Gasteiger partial charge in [0.15, 0.2) is 0 Å². The summed E-state index contributed by atoms with van der Waals surface area (Å²) in [7, 11) is 0. The van der Waals surface area contributed by atoms with Gasteiger partial charge in [0, 0.05) is 11.1 Å². The lowest BCUT2D eigenvalue weighted by molar-refractivity contribution is -0.128. The van der Waals surface area contributed by atoms with Gasteiger partial charge in [-0.1, -0.05) is 6.07 Å². The number of thioether (sulfide) groups is 1. The Morgan fingerprint density at radius 2 is 2.32 bits per heavy atom. The van der Waals surface area contributed by atoms with E-state index in [2.05, 4.69) is 16.0 Å². The van der Waals surface area contributed by atoms with Crippen LogP contribution in [0.1, 0.15) is 21.6 Å². The number of thiophene rings is 1. The molecule has 1 aliphatic rings. The van der Waals surface area contributed by atoms with Crippen molar-refractivity contribution >= 4 is 29.0 Å². The summed E-state index contributed by atoms with van der Waals surface area (Å²) in [5.74, 6) is 0.716. The average molecular weight is 291 g/mol. The van der Waals surface area contributed by atoms with Crippen molar-refractivity contribution in [3.8, 4) is 0 Å². The van der Waals surface area contributed by atoms with Gasteiger partial charge in [-0.15, -0.1) is 23.1 Å². The summed E-state index contributed by atoms with van der Waals surface area (Å²) in [4.78, 5) is 23.7. The summed E-state index contributed by atoms with van der Waals surface area (Å²) >= 11 is 3.37. The SMILES string of the molecule is Cc1cnc(CN2C(=O)CSC2c2cccs2)cn1. The minimum absolute atomic E-state index is 0.121. The summed E-state index contributed by atoms with van der Waals surface area (Å²) in [5.41, 5.74) is 1.73. The van der Waals surface area contributed by atoms with Crippen molar-refractivity contribution in [2.75, 3.05) is 5.75 Å². The third-order valence-electron chi connectivity index (χ3n) is 2.92. The van der Waals surface area contributed by atoms with Gasteiger partial charge in [0.1, 0.15) is 5.37 Å². The lowest BCUT2D eigenvalue weighted by Crippen LogP contribution is -2.27. The van der Waals surface area contributed by atoms with E-state index < -0.39 is 0 Å². The minimum Gasteiger partial charge on any atom is -0.319 e. The van der Waals surface area contributed by atoms with Crippen molar-refractivity contribution in [1.29, 1.82) is 0 Å². The van der Waals surface area contributed by atoms with E-state index in [0.717, 1.165) is 11.4 Å². The van der Waals surface area contributed by atoms with Gasteiger partial charge in [0.2, 0.25) is 5.91 Å². The molecule has 98 valence electrons. The third-order valence-corrected chi connectivity index (χ3v) is 5.23. The quantitative estimate of drug-likeness (QED) is 0.872. The molecule has 0 aliphatic carbocycles. The maximum atomic E-state index is 12.0. The molecule has 1 unspecified atom stereocenters. The summed E-state index contributed by atoms with van der Waals surface area (Å²) in [6, 6.07) is 4.10. The first-order valence-corrected chi connectivity index (χ1v) is 7.89. The molecule has 0 spiro atoms. The molecule has 3 heterocycles. The Morgan fingerprint density at radius 1 is 1.42 bits per heavy atom. The highest BCUT2D eigenvalue weighted by Crippen LogP contribution is 2.41. The molecule has 4 nitrogen and oxygen atoms in total. The molecule has 1 saturated heterocycles. The molecule has 0 aromatic carbocycles. The largest absolute Gasteiger partial charge is 0.319 e. The van der Waals surface area contributed by atoms with E-state index in [4.69, 9.17) is 0 Å². The first kappa shape index (κ1) is 12.6. The Labute approximate surface area is 119 Å². The number of aromatic nitrogens is 2. The number of carbonyl (C=O) groups excluding carboxylic acids is 1. The molecule has 0 N–H and O–H groups in total. The fourth-order valence-electron chi connectivity index (χ4n) is 1.97. The highest BCUT2D eigenvalue weighted by atomic mass is 32.2. The predicted octanol–water partition coefficient (Wildman–Crippen LogP) is 2.62. The summed E-state index contributed by atoms with van der Waals surface area (Å²) in [5, 5.41) is 2.17. The first-order valence-electron chi connectivity index (χ1n) is 5.96.